The van der Waals surface area contributed by atoms with Crippen molar-refractivity contribution in [3.8, 4) is 0 Å². The van der Waals surface area contributed by atoms with Crippen LogP contribution in [0.15, 0.2) is 5.38 Å². The zero-order valence-corrected chi connectivity index (χ0v) is 12.8. The minimum Gasteiger partial charge on any atom is -0.352 e. The molecule has 19 heavy (non-hydrogen) atoms. The highest BCUT2D eigenvalue weighted by Crippen LogP contribution is 2.12. The summed E-state index contributed by atoms with van der Waals surface area (Å²) in [5.41, 5.74) is 0.764. The van der Waals surface area contributed by atoms with Gasteiger partial charge in [-0.25, -0.2) is 4.98 Å². The molecule has 2 amide bonds. The molecule has 7 heteroatoms. The first-order chi connectivity index (χ1) is 8.92. The number of nitrogens with one attached hydrogen (secondary N) is 2. The third kappa shape index (κ3) is 5.57. The van der Waals surface area contributed by atoms with E-state index in [-0.39, 0.29) is 24.3 Å². The Labute approximate surface area is 121 Å². The largest absolute Gasteiger partial charge is 0.352 e. The molecule has 1 aromatic rings. The average Bonchev–Trinajstić information content (AvgIpc) is 2.75. The van der Waals surface area contributed by atoms with E-state index in [1.54, 1.807) is 6.92 Å². The normalized spacial score (nSPS) is 12.3. The summed E-state index contributed by atoms with van der Waals surface area (Å²) in [5.74, 6) is -0.0727. The Morgan fingerprint density at radius 1 is 1.37 bits per heavy atom. The molecule has 0 aromatic carbocycles. The summed E-state index contributed by atoms with van der Waals surface area (Å²) in [5, 5.41) is 7.91. The number of halogens is 1. The maximum absolute atomic E-state index is 11.8. The molecule has 1 unspecified atom stereocenters. The van der Waals surface area contributed by atoms with Gasteiger partial charge >= 0.3 is 0 Å². The van der Waals surface area contributed by atoms with Crippen molar-refractivity contribution in [1.29, 1.82) is 0 Å². The SMILES string of the molecule is CC(C)NC(=O)C(C)NC(=O)Cc1nc(CCl)cs1. The Kier molecular flexibility index (Phi) is 6.24. The van der Waals surface area contributed by atoms with E-state index < -0.39 is 6.04 Å². The van der Waals surface area contributed by atoms with Crippen LogP contribution >= 0.6 is 22.9 Å². The van der Waals surface area contributed by atoms with Crippen LogP contribution in [0.4, 0.5) is 0 Å². The second-order valence-electron chi connectivity index (χ2n) is 4.50. The van der Waals surface area contributed by atoms with E-state index in [2.05, 4.69) is 15.6 Å². The number of nitrogens with zero attached hydrogens (tertiary/aromatic N) is 1. The van der Waals surface area contributed by atoms with Crippen LogP contribution in [0.25, 0.3) is 0 Å². The molecular weight excluding hydrogens is 286 g/mol. The number of rotatable bonds is 6. The van der Waals surface area contributed by atoms with Gasteiger partial charge in [0, 0.05) is 11.4 Å². The molecule has 0 fully saturated rings. The number of hydrogen-bond acceptors (Lipinski definition) is 4. The topological polar surface area (TPSA) is 71.1 Å². The molecule has 2 N–H and O–H groups in total. The molecule has 1 rings (SSSR count). The summed E-state index contributed by atoms with van der Waals surface area (Å²) in [4.78, 5) is 27.6. The third-order valence-corrected chi connectivity index (χ3v) is 3.42. The molecule has 1 atom stereocenters. The van der Waals surface area contributed by atoms with Crippen molar-refractivity contribution in [3.63, 3.8) is 0 Å². The number of alkyl halides is 1. The van der Waals surface area contributed by atoms with E-state index in [0.29, 0.717) is 10.9 Å². The first-order valence-corrected chi connectivity index (χ1v) is 7.42. The molecular formula is C12H18ClN3O2S. The summed E-state index contributed by atoms with van der Waals surface area (Å²) in [6.45, 7) is 5.40. The van der Waals surface area contributed by atoms with Crippen LogP contribution in [0.5, 0.6) is 0 Å². The Hall–Kier alpha value is -1.14. The number of carbonyl (C=O) groups excluding carboxylic acids is 2. The standard InChI is InChI=1S/C12H18ClN3O2S/c1-7(2)14-12(18)8(3)15-10(17)4-11-16-9(5-13)6-19-11/h6-8H,4-5H2,1-3H3,(H,14,18)(H,15,17). The molecule has 0 saturated heterocycles. The summed E-state index contributed by atoms with van der Waals surface area (Å²) < 4.78 is 0. The molecule has 0 aliphatic carbocycles. The van der Waals surface area contributed by atoms with Gasteiger partial charge in [0.25, 0.3) is 0 Å². The first kappa shape index (κ1) is 15.9. The molecule has 0 bridgehead atoms. The number of aromatic nitrogens is 1. The Morgan fingerprint density at radius 3 is 2.58 bits per heavy atom. The molecule has 1 aromatic heterocycles. The maximum Gasteiger partial charge on any atom is 0.242 e. The van der Waals surface area contributed by atoms with E-state index in [1.807, 2.05) is 19.2 Å². The predicted molar refractivity (Wildman–Crippen MR) is 76.3 cm³/mol. The highest BCUT2D eigenvalue weighted by molar-refractivity contribution is 7.09. The van der Waals surface area contributed by atoms with Crippen LogP contribution < -0.4 is 10.6 Å². The van der Waals surface area contributed by atoms with Crippen molar-refractivity contribution in [1.82, 2.24) is 15.6 Å². The van der Waals surface area contributed by atoms with Crippen molar-refractivity contribution in [2.24, 2.45) is 0 Å². The van der Waals surface area contributed by atoms with Gasteiger partial charge in [0.2, 0.25) is 11.8 Å². The van der Waals surface area contributed by atoms with Crippen LogP contribution in [0.2, 0.25) is 0 Å². The van der Waals surface area contributed by atoms with Gasteiger partial charge in [0.1, 0.15) is 11.0 Å². The van der Waals surface area contributed by atoms with Crippen LogP contribution in [0.3, 0.4) is 0 Å². The molecule has 1 heterocycles. The van der Waals surface area contributed by atoms with Gasteiger partial charge < -0.3 is 10.6 Å². The average molecular weight is 304 g/mol. The molecule has 5 nitrogen and oxygen atoms in total. The molecule has 0 spiro atoms. The van der Waals surface area contributed by atoms with E-state index >= 15 is 0 Å². The third-order valence-electron chi connectivity index (χ3n) is 2.25. The molecule has 0 aliphatic rings. The van der Waals surface area contributed by atoms with Crippen molar-refractivity contribution < 1.29 is 9.59 Å². The van der Waals surface area contributed by atoms with Crippen LogP contribution in [0.1, 0.15) is 31.5 Å². The number of hydrogen-bond donors (Lipinski definition) is 2. The highest BCUT2D eigenvalue weighted by atomic mass is 35.5. The zero-order chi connectivity index (χ0) is 14.4. The fourth-order valence-corrected chi connectivity index (χ4v) is 2.42. The number of amides is 2. The van der Waals surface area contributed by atoms with Gasteiger partial charge in [-0.2, -0.15) is 0 Å². The highest BCUT2D eigenvalue weighted by Gasteiger charge is 2.17. The van der Waals surface area contributed by atoms with Gasteiger partial charge in [-0.15, -0.1) is 22.9 Å². The lowest BCUT2D eigenvalue weighted by molar-refractivity contribution is -0.128. The van der Waals surface area contributed by atoms with Gasteiger partial charge in [-0.05, 0) is 20.8 Å². The second kappa shape index (κ2) is 7.45. The van der Waals surface area contributed by atoms with E-state index in [1.165, 1.54) is 11.3 Å². The molecule has 106 valence electrons. The molecule has 0 saturated carbocycles. The van der Waals surface area contributed by atoms with Crippen LogP contribution in [-0.2, 0) is 21.9 Å². The second-order valence-corrected chi connectivity index (χ2v) is 5.71. The monoisotopic (exact) mass is 303 g/mol. The number of carbonyl (C=O) groups is 2. The van der Waals surface area contributed by atoms with Gasteiger partial charge in [-0.3, -0.25) is 9.59 Å². The van der Waals surface area contributed by atoms with Gasteiger partial charge in [0.15, 0.2) is 0 Å². The first-order valence-electron chi connectivity index (χ1n) is 6.01. The Morgan fingerprint density at radius 2 is 2.05 bits per heavy atom. The van der Waals surface area contributed by atoms with Crippen LogP contribution in [0, 0.1) is 0 Å². The molecule has 0 radical (unpaired) electrons. The van der Waals surface area contributed by atoms with Gasteiger partial charge in [-0.1, -0.05) is 0 Å². The van der Waals surface area contributed by atoms with E-state index in [0.717, 1.165) is 5.69 Å². The van der Waals surface area contributed by atoms with Crippen molar-refractivity contribution in [2.45, 2.75) is 45.2 Å². The quantitative estimate of drug-likeness (QED) is 0.782. The summed E-state index contributed by atoms with van der Waals surface area (Å²) in [7, 11) is 0. The number of thiazole rings is 1. The Bertz CT molecular complexity index is 448. The molecule has 0 aliphatic heterocycles. The minimum atomic E-state index is -0.553. The summed E-state index contributed by atoms with van der Waals surface area (Å²) >= 11 is 7.03. The minimum absolute atomic E-state index is 0.0529. The fourth-order valence-electron chi connectivity index (χ4n) is 1.40. The smallest absolute Gasteiger partial charge is 0.242 e. The van der Waals surface area contributed by atoms with Gasteiger partial charge in [0.05, 0.1) is 18.0 Å². The zero-order valence-electron chi connectivity index (χ0n) is 11.2. The lowest BCUT2D eigenvalue weighted by Gasteiger charge is -2.15. The van der Waals surface area contributed by atoms with Crippen LogP contribution in [-0.4, -0.2) is 28.9 Å². The lowest BCUT2D eigenvalue weighted by atomic mass is 10.2. The fraction of sp³-hybridized carbons (Fsp3) is 0.583. The van der Waals surface area contributed by atoms with Crippen molar-refractivity contribution >= 4 is 34.8 Å². The van der Waals surface area contributed by atoms with Crippen molar-refractivity contribution in [2.75, 3.05) is 0 Å². The van der Waals surface area contributed by atoms with E-state index in [9.17, 15) is 9.59 Å². The summed E-state index contributed by atoms with van der Waals surface area (Å²) in [6, 6.07) is -0.501. The van der Waals surface area contributed by atoms with E-state index in [4.69, 9.17) is 11.6 Å². The summed E-state index contributed by atoms with van der Waals surface area (Å²) in [6.07, 6.45) is 0.168. The lowest BCUT2D eigenvalue weighted by Crippen LogP contribution is -2.47. The maximum atomic E-state index is 11.8. The predicted octanol–water partition coefficient (Wildman–Crippen LogP) is 1.45. The Balaban J connectivity index is 2.44. The van der Waals surface area contributed by atoms with Crippen molar-refractivity contribution in [3.05, 3.63) is 16.1 Å².